The molecule has 0 aliphatic heterocycles. The minimum absolute atomic E-state index is 0.296. The first-order chi connectivity index (χ1) is 8.17. The predicted octanol–water partition coefficient (Wildman–Crippen LogP) is 2.80. The third kappa shape index (κ3) is 3.07. The monoisotopic (exact) mass is 253 g/mol. The molecular weight excluding hydrogens is 233 g/mol. The van der Waals surface area contributed by atoms with E-state index in [0.717, 1.165) is 5.56 Å². The molecule has 0 saturated carbocycles. The quantitative estimate of drug-likeness (QED) is 0.867. The summed E-state index contributed by atoms with van der Waals surface area (Å²) in [5.41, 5.74) is -0.617. The lowest BCUT2D eigenvalue weighted by atomic mass is 9.74. The van der Waals surface area contributed by atoms with E-state index in [1.54, 1.807) is 19.1 Å². The van der Waals surface area contributed by atoms with Crippen LogP contribution in [0.5, 0.6) is 0 Å². The van der Waals surface area contributed by atoms with Gasteiger partial charge in [-0.05, 0) is 30.0 Å². The fourth-order valence-electron chi connectivity index (χ4n) is 1.54. The van der Waals surface area contributed by atoms with Crippen molar-refractivity contribution in [3.63, 3.8) is 0 Å². The number of nitrogens with one attached hydrogen (secondary N) is 1. The van der Waals surface area contributed by atoms with Crippen LogP contribution < -0.4 is 5.32 Å². The van der Waals surface area contributed by atoms with Crippen molar-refractivity contribution in [2.45, 2.75) is 39.8 Å². The van der Waals surface area contributed by atoms with Gasteiger partial charge in [0.15, 0.2) is 0 Å². The highest BCUT2D eigenvalue weighted by Gasteiger charge is 2.43. The SMILES string of the molecule is CC(C)(C)C(C)(NCc1ccc(F)cc1)C(=O)O. The van der Waals surface area contributed by atoms with Crippen LogP contribution in [-0.2, 0) is 11.3 Å². The summed E-state index contributed by atoms with van der Waals surface area (Å²) < 4.78 is 12.8. The Hall–Kier alpha value is -1.42. The van der Waals surface area contributed by atoms with E-state index in [0.29, 0.717) is 6.54 Å². The average Bonchev–Trinajstić information content (AvgIpc) is 2.26. The smallest absolute Gasteiger partial charge is 0.324 e. The summed E-state index contributed by atoms with van der Waals surface area (Å²) in [5.74, 6) is -1.19. The van der Waals surface area contributed by atoms with Gasteiger partial charge in [-0.1, -0.05) is 32.9 Å². The number of carboxylic acids is 1. The van der Waals surface area contributed by atoms with Gasteiger partial charge >= 0.3 is 5.97 Å². The molecule has 0 amide bonds. The van der Waals surface area contributed by atoms with Crippen LogP contribution in [0.3, 0.4) is 0 Å². The first-order valence-electron chi connectivity index (χ1n) is 5.90. The number of halogens is 1. The normalized spacial score (nSPS) is 15.2. The van der Waals surface area contributed by atoms with Gasteiger partial charge < -0.3 is 5.11 Å². The van der Waals surface area contributed by atoms with Crippen LogP contribution in [0.4, 0.5) is 4.39 Å². The predicted molar refractivity (Wildman–Crippen MR) is 68.7 cm³/mol. The zero-order valence-electron chi connectivity index (χ0n) is 11.2. The van der Waals surface area contributed by atoms with E-state index in [4.69, 9.17) is 0 Å². The van der Waals surface area contributed by atoms with Gasteiger partial charge in [0.2, 0.25) is 0 Å². The van der Waals surface area contributed by atoms with Crippen LogP contribution in [0, 0.1) is 11.2 Å². The maximum Gasteiger partial charge on any atom is 0.324 e. The summed E-state index contributed by atoms with van der Waals surface area (Å²) in [6.45, 7) is 7.68. The van der Waals surface area contributed by atoms with Crippen molar-refractivity contribution in [2.75, 3.05) is 0 Å². The zero-order chi connectivity index (χ0) is 14.0. The Bertz CT molecular complexity index is 422. The van der Waals surface area contributed by atoms with Gasteiger partial charge in [-0.15, -0.1) is 0 Å². The van der Waals surface area contributed by atoms with E-state index >= 15 is 0 Å². The van der Waals surface area contributed by atoms with Crippen LogP contribution in [-0.4, -0.2) is 16.6 Å². The van der Waals surface area contributed by atoms with Crippen molar-refractivity contribution >= 4 is 5.97 Å². The zero-order valence-corrected chi connectivity index (χ0v) is 11.2. The number of benzene rings is 1. The Morgan fingerprint density at radius 1 is 1.22 bits per heavy atom. The fraction of sp³-hybridized carbons (Fsp3) is 0.500. The molecule has 0 aliphatic carbocycles. The van der Waals surface area contributed by atoms with Crippen molar-refractivity contribution < 1.29 is 14.3 Å². The van der Waals surface area contributed by atoms with E-state index in [1.165, 1.54) is 12.1 Å². The number of aliphatic carboxylic acids is 1. The molecule has 0 spiro atoms. The van der Waals surface area contributed by atoms with Crippen molar-refractivity contribution in [1.82, 2.24) is 5.32 Å². The Balaban J connectivity index is 2.81. The second kappa shape index (κ2) is 5.06. The third-order valence-electron chi connectivity index (χ3n) is 3.49. The molecule has 1 aromatic rings. The first-order valence-corrected chi connectivity index (χ1v) is 5.90. The second-order valence-corrected chi connectivity index (χ2v) is 5.66. The third-order valence-corrected chi connectivity index (χ3v) is 3.49. The maximum absolute atomic E-state index is 12.8. The van der Waals surface area contributed by atoms with E-state index in [9.17, 15) is 14.3 Å². The molecule has 0 heterocycles. The summed E-state index contributed by atoms with van der Waals surface area (Å²) in [5, 5.41) is 12.4. The molecule has 1 unspecified atom stereocenters. The molecule has 0 aromatic heterocycles. The molecule has 0 saturated heterocycles. The Kier molecular flexibility index (Phi) is 4.12. The maximum atomic E-state index is 12.8. The van der Waals surface area contributed by atoms with E-state index in [2.05, 4.69) is 5.32 Å². The van der Waals surface area contributed by atoms with Gasteiger partial charge in [0.1, 0.15) is 11.4 Å². The van der Waals surface area contributed by atoms with Crippen molar-refractivity contribution in [1.29, 1.82) is 0 Å². The molecule has 4 heteroatoms. The highest BCUT2D eigenvalue weighted by atomic mass is 19.1. The van der Waals surface area contributed by atoms with Gasteiger partial charge in [-0.3, -0.25) is 10.1 Å². The van der Waals surface area contributed by atoms with Gasteiger partial charge in [0, 0.05) is 6.54 Å². The number of carboxylic acid groups (broad SMARTS) is 1. The molecule has 0 fully saturated rings. The minimum Gasteiger partial charge on any atom is -0.480 e. The molecule has 3 nitrogen and oxygen atoms in total. The van der Waals surface area contributed by atoms with Gasteiger partial charge in [0.25, 0.3) is 0 Å². The molecule has 0 radical (unpaired) electrons. The summed E-state index contributed by atoms with van der Waals surface area (Å²) in [7, 11) is 0. The first kappa shape index (κ1) is 14.6. The van der Waals surface area contributed by atoms with Gasteiger partial charge in [-0.2, -0.15) is 0 Å². The van der Waals surface area contributed by atoms with Crippen LogP contribution in [0.1, 0.15) is 33.3 Å². The van der Waals surface area contributed by atoms with E-state index in [-0.39, 0.29) is 5.82 Å². The Morgan fingerprint density at radius 2 is 1.72 bits per heavy atom. The lowest BCUT2D eigenvalue weighted by Crippen LogP contribution is -2.58. The van der Waals surface area contributed by atoms with E-state index < -0.39 is 16.9 Å². The lowest BCUT2D eigenvalue weighted by Gasteiger charge is -2.39. The number of carbonyl (C=O) groups is 1. The molecule has 18 heavy (non-hydrogen) atoms. The van der Waals surface area contributed by atoms with Crippen LogP contribution in [0.15, 0.2) is 24.3 Å². The van der Waals surface area contributed by atoms with Crippen molar-refractivity contribution in [3.05, 3.63) is 35.6 Å². The molecular formula is C14H20FNO2. The summed E-state index contributed by atoms with van der Waals surface area (Å²) in [4.78, 5) is 11.4. The Morgan fingerprint density at radius 3 is 2.11 bits per heavy atom. The highest BCUT2D eigenvalue weighted by molar-refractivity contribution is 5.79. The topological polar surface area (TPSA) is 49.3 Å². The Labute approximate surface area is 107 Å². The standard InChI is InChI=1S/C14H20FNO2/c1-13(2,3)14(4,12(17)18)16-9-10-5-7-11(15)8-6-10/h5-8,16H,9H2,1-4H3,(H,17,18). The molecule has 2 N–H and O–H groups in total. The van der Waals surface area contributed by atoms with Gasteiger partial charge in [-0.25, -0.2) is 4.39 Å². The number of hydrogen-bond acceptors (Lipinski definition) is 2. The summed E-state index contributed by atoms with van der Waals surface area (Å²) in [6.07, 6.45) is 0. The van der Waals surface area contributed by atoms with Gasteiger partial charge in [0.05, 0.1) is 0 Å². The summed E-state index contributed by atoms with van der Waals surface area (Å²) in [6, 6.07) is 6.03. The van der Waals surface area contributed by atoms with Crippen LogP contribution in [0.2, 0.25) is 0 Å². The molecule has 1 aromatic carbocycles. The number of rotatable bonds is 4. The van der Waals surface area contributed by atoms with Crippen molar-refractivity contribution in [3.8, 4) is 0 Å². The van der Waals surface area contributed by atoms with Crippen LogP contribution >= 0.6 is 0 Å². The average molecular weight is 253 g/mol. The van der Waals surface area contributed by atoms with Crippen LogP contribution in [0.25, 0.3) is 0 Å². The fourth-order valence-corrected chi connectivity index (χ4v) is 1.54. The molecule has 1 rings (SSSR count). The lowest BCUT2D eigenvalue weighted by molar-refractivity contribution is -0.149. The summed E-state index contributed by atoms with van der Waals surface area (Å²) >= 11 is 0. The van der Waals surface area contributed by atoms with E-state index in [1.807, 2.05) is 20.8 Å². The molecule has 1 atom stereocenters. The minimum atomic E-state index is -1.04. The highest BCUT2D eigenvalue weighted by Crippen LogP contribution is 2.30. The molecule has 0 aliphatic rings. The number of hydrogen-bond donors (Lipinski definition) is 2. The molecule has 100 valence electrons. The van der Waals surface area contributed by atoms with Crippen molar-refractivity contribution in [2.24, 2.45) is 5.41 Å². The second-order valence-electron chi connectivity index (χ2n) is 5.66. The molecule has 0 bridgehead atoms. The largest absolute Gasteiger partial charge is 0.480 e.